The quantitative estimate of drug-likeness (QED) is 0.888. The number of nitrogens with zero attached hydrogens (tertiary/aromatic N) is 3. The molecule has 2 aromatic heterocycles. The van der Waals surface area contributed by atoms with Crippen LogP contribution in [0.25, 0.3) is 10.2 Å². The summed E-state index contributed by atoms with van der Waals surface area (Å²) < 4.78 is 0. The van der Waals surface area contributed by atoms with Gasteiger partial charge in [-0.25, -0.2) is 9.97 Å². The fourth-order valence-corrected chi connectivity index (χ4v) is 4.10. The number of fused-ring (bicyclic) bond motifs is 1. The van der Waals surface area contributed by atoms with Gasteiger partial charge in [-0.15, -0.1) is 11.3 Å². The Bertz CT molecular complexity index is 681. The van der Waals surface area contributed by atoms with Gasteiger partial charge >= 0.3 is 0 Å². The third-order valence-corrected chi connectivity index (χ3v) is 5.30. The van der Waals surface area contributed by atoms with Gasteiger partial charge in [-0.05, 0) is 37.3 Å². The van der Waals surface area contributed by atoms with Crippen LogP contribution in [0.1, 0.15) is 19.3 Å². The van der Waals surface area contributed by atoms with E-state index in [1.165, 1.54) is 0 Å². The second-order valence-corrected chi connectivity index (χ2v) is 6.78. The number of aromatic nitrogens is 2. The summed E-state index contributed by atoms with van der Waals surface area (Å²) in [7, 11) is 0. The van der Waals surface area contributed by atoms with Crippen LogP contribution in [0.2, 0.25) is 0 Å². The standard InChI is InChI=1S/C15H19N5OS/c21-14(19-10-3-5-16-8-10)12-2-1-6-20(12)13-11-4-7-22-15(11)18-9-17-13/h4,7,9-10,12,16H,1-3,5-6,8H2,(H,19,21). The van der Waals surface area contributed by atoms with E-state index in [1.807, 2.05) is 11.4 Å². The Balaban J connectivity index is 1.58. The number of anilines is 1. The molecule has 2 fully saturated rings. The minimum absolute atomic E-state index is 0.112. The number of rotatable bonds is 3. The Morgan fingerprint density at radius 1 is 1.41 bits per heavy atom. The van der Waals surface area contributed by atoms with Crippen LogP contribution >= 0.6 is 11.3 Å². The van der Waals surface area contributed by atoms with Crippen LogP contribution in [-0.4, -0.2) is 47.6 Å². The topological polar surface area (TPSA) is 70.2 Å². The number of hydrogen-bond donors (Lipinski definition) is 2. The summed E-state index contributed by atoms with van der Waals surface area (Å²) in [5.74, 6) is 1.03. The van der Waals surface area contributed by atoms with E-state index in [0.29, 0.717) is 0 Å². The lowest BCUT2D eigenvalue weighted by atomic mass is 10.1. The van der Waals surface area contributed by atoms with Crippen LogP contribution in [0.5, 0.6) is 0 Å². The van der Waals surface area contributed by atoms with E-state index in [-0.39, 0.29) is 18.0 Å². The normalized spacial score (nSPS) is 25.0. The SMILES string of the molecule is O=C(NC1CCNC1)C1CCCN1c1ncnc2sccc12. The predicted molar refractivity (Wildman–Crippen MR) is 87.2 cm³/mol. The maximum atomic E-state index is 12.6. The zero-order valence-electron chi connectivity index (χ0n) is 12.3. The molecule has 0 aliphatic carbocycles. The van der Waals surface area contributed by atoms with Crippen LogP contribution < -0.4 is 15.5 Å². The third-order valence-electron chi connectivity index (χ3n) is 4.47. The number of carbonyl (C=O) groups is 1. The predicted octanol–water partition coefficient (Wildman–Crippen LogP) is 1.14. The highest BCUT2D eigenvalue weighted by atomic mass is 32.1. The third kappa shape index (κ3) is 2.44. The summed E-state index contributed by atoms with van der Waals surface area (Å²) in [4.78, 5) is 24.5. The van der Waals surface area contributed by atoms with E-state index < -0.39 is 0 Å². The Morgan fingerprint density at radius 3 is 3.23 bits per heavy atom. The molecule has 4 heterocycles. The highest BCUT2D eigenvalue weighted by molar-refractivity contribution is 7.16. The van der Waals surface area contributed by atoms with Gasteiger partial charge in [-0.2, -0.15) is 0 Å². The monoisotopic (exact) mass is 317 g/mol. The fourth-order valence-electron chi connectivity index (χ4n) is 3.37. The second-order valence-electron chi connectivity index (χ2n) is 5.89. The van der Waals surface area contributed by atoms with E-state index in [0.717, 1.165) is 54.9 Å². The molecule has 116 valence electrons. The molecule has 2 aliphatic heterocycles. The number of thiophene rings is 1. The number of amides is 1. The van der Waals surface area contributed by atoms with Gasteiger partial charge in [0.25, 0.3) is 0 Å². The van der Waals surface area contributed by atoms with Crippen molar-refractivity contribution in [1.29, 1.82) is 0 Å². The molecule has 2 saturated heterocycles. The van der Waals surface area contributed by atoms with E-state index in [2.05, 4.69) is 25.5 Å². The fraction of sp³-hybridized carbons (Fsp3) is 0.533. The summed E-state index contributed by atoms with van der Waals surface area (Å²) in [6, 6.07) is 2.20. The number of carbonyl (C=O) groups excluding carboxylic acids is 1. The first-order chi connectivity index (χ1) is 10.8. The van der Waals surface area contributed by atoms with Crippen molar-refractivity contribution in [2.45, 2.75) is 31.3 Å². The lowest BCUT2D eigenvalue weighted by Gasteiger charge is -2.26. The lowest BCUT2D eigenvalue weighted by Crippen LogP contribution is -2.48. The van der Waals surface area contributed by atoms with Gasteiger partial charge in [0.1, 0.15) is 23.0 Å². The zero-order chi connectivity index (χ0) is 14.9. The van der Waals surface area contributed by atoms with Crippen molar-refractivity contribution in [3.63, 3.8) is 0 Å². The maximum absolute atomic E-state index is 12.6. The summed E-state index contributed by atoms with van der Waals surface area (Å²) >= 11 is 1.61. The second kappa shape index (κ2) is 5.81. The molecular formula is C15H19N5OS. The van der Waals surface area contributed by atoms with Crippen molar-refractivity contribution >= 4 is 33.3 Å². The Hall–Kier alpha value is -1.73. The van der Waals surface area contributed by atoms with Gasteiger partial charge in [-0.1, -0.05) is 0 Å². The first kappa shape index (κ1) is 13.9. The maximum Gasteiger partial charge on any atom is 0.243 e. The smallest absolute Gasteiger partial charge is 0.243 e. The van der Waals surface area contributed by atoms with Crippen LogP contribution in [0.4, 0.5) is 5.82 Å². The van der Waals surface area contributed by atoms with Crippen molar-refractivity contribution in [3.8, 4) is 0 Å². The van der Waals surface area contributed by atoms with Crippen LogP contribution in [-0.2, 0) is 4.79 Å². The summed E-state index contributed by atoms with van der Waals surface area (Å²) in [5.41, 5.74) is 0. The average Bonchev–Trinajstić information content (AvgIpc) is 3.27. The van der Waals surface area contributed by atoms with Crippen molar-refractivity contribution in [2.24, 2.45) is 0 Å². The molecule has 2 aliphatic rings. The van der Waals surface area contributed by atoms with Gasteiger partial charge in [0.05, 0.1) is 5.39 Å². The molecule has 7 heteroatoms. The minimum atomic E-state index is -0.112. The van der Waals surface area contributed by atoms with Crippen molar-refractivity contribution in [2.75, 3.05) is 24.5 Å². The Kier molecular flexibility index (Phi) is 3.67. The van der Waals surface area contributed by atoms with E-state index in [9.17, 15) is 4.79 Å². The Morgan fingerprint density at radius 2 is 2.36 bits per heavy atom. The molecule has 0 bridgehead atoms. The summed E-state index contributed by atoms with van der Waals surface area (Å²) in [6.07, 6.45) is 4.53. The molecule has 2 aromatic rings. The van der Waals surface area contributed by atoms with Crippen LogP contribution in [0.3, 0.4) is 0 Å². The van der Waals surface area contributed by atoms with Crippen LogP contribution in [0.15, 0.2) is 17.8 Å². The zero-order valence-corrected chi connectivity index (χ0v) is 13.1. The van der Waals surface area contributed by atoms with Gasteiger partial charge < -0.3 is 15.5 Å². The van der Waals surface area contributed by atoms with Crippen molar-refractivity contribution in [3.05, 3.63) is 17.8 Å². The Labute approximate surface area is 132 Å². The van der Waals surface area contributed by atoms with Crippen LogP contribution in [0, 0.1) is 0 Å². The van der Waals surface area contributed by atoms with Gasteiger partial charge in [0, 0.05) is 19.1 Å². The van der Waals surface area contributed by atoms with Crippen molar-refractivity contribution < 1.29 is 4.79 Å². The molecule has 0 aromatic carbocycles. The van der Waals surface area contributed by atoms with E-state index >= 15 is 0 Å². The molecule has 0 spiro atoms. The molecule has 0 saturated carbocycles. The number of nitrogens with one attached hydrogen (secondary N) is 2. The molecule has 2 N–H and O–H groups in total. The molecule has 0 radical (unpaired) electrons. The number of hydrogen-bond acceptors (Lipinski definition) is 6. The molecule has 4 rings (SSSR count). The molecule has 1 amide bonds. The largest absolute Gasteiger partial charge is 0.350 e. The minimum Gasteiger partial charge on any atom is -0.350 e. The van der Waals surface area contributed by atoms with Crippen molar-refractivity contribution in [1.82, 2.24) is 20.6 Å². The molecule has 2 unspecified atom stereocenters. The molecule has 2 atom stereocenters. The molecular weight excluding hydrogens is 298 g/mol. The molecule has 6 nitrogen and oxygen atoms in total. The van der Waals surface area contributed by atoms with Gasteiger partial charge in [0.15, 0.2) is 0 Å². The lowest BCUT2D eigenvalue weighted by molar-refractivity contribution is -0.122. The van der Waals surface area contributed by atoms with Gasteiger partial charge in [-0.3, -0.25) is 4.79 Å². The summed E-state index contributed by atoms with van der Waals surface area (Å²) in [6.45, 7) is 2.74. The van der Waals surface area contributed by atoms with E-state index in [1.54, 1.807) is 17.7 Å². The van der Waals surface area contributed by atoms with Gasteiger partial charge in [0.2, 0.25) is 5.91 Å². The molecule has 22 heavy (non-hydrogen) atoms. The highest BCUT2D eigenvalue weighted by Gasteiger charge is 2.34. The average molecular weight is 317 g/mol. The highest BCUT2D eigenvalue weighted by Crippen LogP contribution is 2.31. The first-order valence-electron chi connectivity index (χ1n) is 7.79. The van der Waals surface area contributed by atoms with E-state index in [4.69, 9.17) is 0 Å². The summed E-state index contributed by atoms with van der Waals surface area (Å²) in [5, 5.41) is 9.54. The first-order valence-corrected chi connectivity index (χ1v) is 8.67.